The number of carbonyl (C=O) groups excluding carboxylic acids is 1. The van der Waals surface area contributed by atoms with Crippen molar-refractivity contribution in [3.05, 3.63) is 58.8 Å². The largest absolute Gasteiger partial charge is 0.496 e. The van der Waals surface area contributed by atoms with E-state index in [2.05, 4.69) is 15.2 Å². The van der Waals surface area contributed by atoms with Gasteiger partial charge in [-0.2, -0.15) is 0 Å². The van der Waals surface area contributed by atoms with Crippen LogP contribution in [-0.4, -0.2) is 44.3 Å². The average Bonchev–Trinajstić information content (AvgIpc) is 2.71. The number of morpholine rings is 1. The van der Waals surface area contributed by atoms with Gasteiger partial charge in [0.05, 0.1) is 20.3 Å². The number of hydrogen-bond donors (Lipinski definition) is 1. The third-order valence-electron chi connectivity index (χ3n) is 4.24. The van der Waals surface area contributed by atoms with Gasteiger partial charge in [0.25, 0.3) is 0 Å². The second-order valence-corrected chi connectivity index (χ2v) is 6.46. The smallest absolute Gasteiger partial charge is 0.244 e. The zero-order valence-electron chi connectivity index (χ0n) is 15.2. The molecule has 1 aliphatic rings. The summed E-state index contributed by atoms with van der Waals surface area (Å²) in [6, 6.07) is 9.11. The molecule has 27 heavy (non-hydrogen) atoms. The Morgan fingerprint density at radius 1 is 1.37 bits per heavy atom. The number of pyridine rings is 1. The summed E-state index contributed by atoms with van der Waals surface area (Å²) in [5.41, 5.74) is 1.72. The fraction of sp³-hybridized carbons (Fsp3) is 0.300. The quantitative estimate of drug-likeness (QED) is 0.772. The number of amides is 1. The van der Waals surface area contributed by atoms with E-state index in [1.54, 1.807) is 37.6 Å². The van der Waals surface area contributed by atoms with Gasteiger partial charge in [-0.15, -0.1) is 0 Å². The standard InChI is InChI=1S/C20H22ClN3O3/c1-26-18-6-5-17(21)13-15(18)4-7-19(25)23-14-16-3-2-8-22-20(16)24-9-11-27-12-10-24/h2-8,13H,9-12,14H2,1H3,(H,23,25)/b7-4+. The van der Waals surface area contributed by atoms with E-state index in [9.17, 15) is 4.79 Å². The number of carbonyl (C=O) groups is 1. The average molecular weight is 388 g/mol. The second-order valence-electron chi connectivity index (χ2n) is 6.02. The van der Waals surface area contributed by atoms with E-state index >= 15 is 0 Å². The molecule has 6 nitrogen and oxygen atoms in total. The maximum absolute atomic E-state index is 12.2. The Hall–Kier alpha value is -2.57. The van der Waals surface area contributed by atoms with Crippen molar-refractivity contribution in [2.24, 2.45) is 0 Å². The number of ether oxygens (including phenoxy) is 2. The highest BCUT2D eigenvalue weighted by Crippen LogP contribution is 2.23. The van der Waals surface area contributed by atoms with E-state index in [0.717, 1.165) is 30.0 Å². The van der Waals surface area contributed by atoms with Crippen molar-refractivity contribution in [1.29, 1.82) is 0 Å². The maximum atomic E-state index is 12.2. The summed E-state index contributed by atoms with van der Waals surface area (Å²) >= 11 is 6.01. The molecule has 2 heterocycles. The molecule has 0 radical (unpaired) electrons. The fourth-order valence-electron chi connectivity index (χ4n) is 2.87. The molecule has 1 fully saturated rings. The van der Waals surface area contributed by atoms with Gasteiger partial charge in [-0.05, 0) is 30.3 Å². The third kappa shape index (κ3) is 5.21. The normalized spacial score (nSPS) is 14.4. The van der Waals surface area contributed by atoms with Gasteiger partial charge in [-0.1, -0.05) is 17.7 Å². The van der Waals surface area contributed by atoms with Crippen LogP contribution in [0.15, 0.2) is 42.6 Å². The van der Waals surface area contributed by atoms with Crippen molar-refractivity contribution < 1.29 is 14.3 Å². The molecule has 1 amide bonds. The first kappa shape index (κ1) is 19.2. The molecular weight excluding hydrogens is 366 g/mol. The van der Waals surface area contributed by atoms with Gasteiger partial charge < -0.3 is 19.7 Å². The van der Waals surface area contributed by atoms with Gasteiger partial charge in [0.2, 0.25) is 5.91 Å². The van der Waals surface area contributed by atoms with Crippen LogP contribution in [0.25, 0.3) is 6.08 Å². The van der Waals surface area contributed by atoms with Crippen molar-refractivity contribution >= 4 is 29.4 Å². The Balaban J connectivity index is 1.64. The highest BCUT2D eigenvalue weighted by atomic mass is 35.5. The van der Waals surface area contributed by atoms with Gasteiger partial charge in [0.1, 0.15) is 11.6 Å². The molecule has 0 aliphatic carbocycles. The molecule has 2 aromatic rings. The first-order chi connectivity index (χ1) is 13.2. The fourth-order valence-corrected chi connectivity index (χ4v) is 3.05. The summed E-state index contributed by atoms with van der Waals surface area (Å²) in [6.45, 7) is 3.37. The molecule has 1 aromatic heterocycles. The Morgan fingerprint density at radius 3 is 2.96 bits per heavy atom. The van der Waals surface area contributed by atoms with Gasteiger partial charge in [0.15, 0.2) is 0 Å². The number of nitrogens with zero attached hydrogens (tertiary/aromatic N) is 2. The van der Waals surface area contributed by atoms with Gasteiger partial charge in [0, 0.05) is 48.1 Å². The van der Waals surface area contributed by atoms with Crippen LogP contribution in [0.2, 0.25) is 5.02 Å². The highest BCUT2D eigenvalue weighted by Gasteiger charge is 2.15. The predicted molar refractivity (Wildman–Crippen MR) is 106 cm³/mol. The molecule has 3 rings (SSSR count). The molecular formula is C20H22ClN3O3. The number of benzene rings is 1. The minimum atomic E-state index is -0.200. The molecule has 1 N–H and O–H groups in total. The van der Waals surface area contributed by atoms with Crippen LogP contribution in [0, 0.1) is 0 Å². The molecule has 0 bridgehead atoms. The molecule has 1 aliphatic heterocycles. The second kappa shape index (κ2) is 9.39. The monoisotopic (exact) mass is 387 g/mol. The van der Waals surface area contributed by atoms with Crippen LogP contribution >= 0.6 is 11.6 Å². The van der Waals surface area contributed by atoms with Crippen LogP contribution in [0.1, 0.15) is 11.1 Å². The lowest BCUT2D eigenvalue weighted by molar-refractivity contribution is -0.116. The number of methoxy groups -OCH3 is 1. The van der Waals surface area contributed by atoms with Crippen LogP contribution in [0.4, 0.5) is 5.82 Å². The van der Waals surface area contributed by atoms with E-state index in [4.69, 9.17) is 21.1 Å². The highest BCUT2D eigenvalue weighted by molar-refractivity contribution is 6.30. The van der Waals surface area contributed by atoms with Gasteiger partial charge in [-0.25, -0.2) is 4.98 Å². The Morgan fingerprint density at radius 2 is 2.19 bits per heavy atom. The zero-order valence-corrected chi connectivity index (χ0v) is 15.9. The van der Waals surface area contributed by atoms with E-state index in [1.165, 1.54) is 6.08 Å². The van der Waals surface area contributed by atoms with Crippen LogP contribution < -0.4 is 15.0 Å². The molecule has 1 aromatic carbocycles. The Kier molecular flexibility index (Phi) is 6.68. The van der Waals surface area contributed by atoms with E-state index < -0.39 is 0 Å². The van der Waals surface area contributed by atoms with Gasteiger partial charge >= 0.3 is 0 Å². The third-order valence-corrected chi connectivity index (χ3v) is 4.47. The summed E-state index contributed by atoms with van der Waals surface area (Å²) in [5.74, 6) is 1.35. The Bertz CT molecular complexity index is 820. The van der Waals surface area contributed by atoms with Crippen molar-refractivity contribution in [1.82, 2.24) is 10.3 Å². The summed E-state index contributed by atoms with van der Waals surface area (Å²) in [5, 5.41) is 3.49. The van der Waals surface area contributed by atoms with E-state index in [1.807, 2.05) is 12.1 Å². The summed E-state index contributed by atoms with van der Waals surface area (Å²) < 4.78 is 10.7. The topological polar surface area (TPSA) is 63.7 Å². The van der Waals surface area contributed by atoms with Crippen molar-refractivity contribution in [3.8, 4) is 5.75 Å². The lowest BCUT2D eigenvalue weighted by atomic mass is 10.2. The first-order valence-corrected chi connectivity index (χ1v) is 9.11. The van der Waals surface area contributed by atoms with Crippen LogP contribution in [-0.2, 0) is 16.1 Å². The molecule has 0 spiro atoms. The number of rotatable bonds is 6. The molecule has 142 valence electrons. The summed E-state index contributed by atoms with van der Waals surface area (Å²) in [4.78, 5) is 18.9. The SMILES string of the molecule is COc1ccc(Cl)cc1/C=C/C(=O)NCc1cccnc1N1CCOCC1. The minimum absolute atomic E-state index is 0.200. The maximum Gasteiger partial charge on any atom is 0.244 e. The van der Waals surface area contributed by atoms with Crippen LogP contribution in [0.3, 0.4) is 0 Å². The number of hydrogen-bond acceptors (Lipinski definition) is 5. The lowest BCUT2D eigenvalue weighted by Gasteiger charge is -2.29. The lowest BCUT2D eigenvalue weighted by Crippen LogP contribution is -2.37. The number of anilines is 1. The van der Waals surface area contributed by atoms with E-state index in [-0.39, 0.29) is 5.91 Å². The molecule has 1 saturated heterocycles. The van der Waals surface area contributed by atoms with Crippen molar-refractivity contribution in [2.75, 3.05) is 38.3 Å². The van der Waals surface area contributed by atoms with Crippen molar-refractivity contribution in [3.63, 3.8) is 0 Å². The Labute approximate surface area is 163 Å². The van der Waals surface area contributed by atoms with Crippen molar-refractivity contribution in [2.45, 2.75) is 6.54 Å². The summed E-state index contributed by atoms with van der Waals surface area (Å²) in [6.07, 6.45) is 4.92. The van der Waals surface area contributed by atoms with Gasteiger partial charge in [-0.3, -0.25) is 4.79 Å². The van der Waals surface area contributed by atoms with E-state index in [0.29, 0.717) is 30.5 Å². The molecule has 0 saturated carbocycles. The minimum Gasteiger partial charge on any atom is -0.496 e. The number of halogens is 1. The zero-order chi connectivity index (χ0) is 19.1. The van der Waals surface area contributed by atoms with Crippen LogP contribution in [0.5, 0.6) is 5.75 Å². The summed E-state index contributed by atoms with van der Waals surface area (Å²) in [7, 11) is 1.58. The number of nitrogens with one attached hydrogen (secondary N) is 1. The molecule has 0 atom stereocenters. The predicted octanol–water partition coefficient (Wildman–Crippen LogP) is 2.91. The molecule has 7 heteroatoms. The first-order valence-electron chi connectivity index (χ1n) is 8.73. The number of aromatic nitrogens is 1. The molecule has 0 unspecified atom stereocenters.